The number of guanidine groups is 1. The first kappa shape index (κ1) is 24.1. The number of aryl methyl sites for hydroxylation is 1. The maximum atomic E-state index is 12.8. The summed E-state index contributed by atoms with van der Waals surface area (Å²) < 4.78 is 45.9. The number of hydrogen-bond donors (Lipinski definition) is 2. The van der Waals surface area contributed by atoms with Crippen LogP contribution in [0.2, 0.25) is 0 Å². The van der Waals surface area contributed by atoms with E-state index in [2.05, 4.69) is 20.7 Å². The number of rotatable bonds is 7. The minimum Gasteiger partial charge on any atom is -0.489 e. The summed E-state index contributed by atoms with van der Waals surface area (Å²) in [6.07, 6.45) is -2.36. The number of alkyl halides is 3. The van der Waals surface area contributed by atoms with Crippen molar-refractivity contribution in [2.45, 2.75) is 32.2 Å². The van der Waals surface area contributed by atoms with Crippen LogP contribution in [0, 0.1) is 0 Å². The quantitative estimate of drug-likeness (QED) is 0.339. The average Bonchev–Trinajstić information content (AvgIpc) is 3.05. The molecule has 0 aliphatic rings. The largest absolute Gasteiger partial charge is 0.489 e. The summed E-state index contributed by atoms with van der Waals surface area (Å²) in [4.78, 5) is 4.14. The number of aliphatic imine (C=N–C) groups is 1. The van der Waals surface area contributed by atoms with Crippen LogP contribution in [0.3, 0.4) is 0 Å². The molecule has 0 radical (unpaired) electrons. The molecule has 0 aliphatic carbocycles. The third kappa shape index (κ3) is 7.21. The lowest BCUT2D eigenvalue weighted by Crippen LogP contribution is -2.42. The second-order valence-corrected chi connectivity index (χ2v) is 5.93. The lowest BCUT2D eigenvalue weighted by atomic mass is 10.2. The fourth-order valence-corrected chi connectivity index (χ4v) is 2.39. The van der Waals surface area contributed by atoms with E-state index in [0.717, 1.165) is 17.8 Å². The minimum atomic E-state index is -4.39. The van der Waals surface area contributed by atoms with Crippen LogP contribution < -0.4 is 15.4 Å². The predicted molar refractivity (Wildman–Crippen MR) is 113 cm³/mol. The Morgan fingerprint density at radius 2 is 2.04 bits per heavy atom. The fraction of sp³-hybridized carbons (Fsp3) is 0.444. The maximum Gasteiger partial charge on any atom is 0.416 e. The summed E-state index contributed by atoms with van der Waals surface area (Å²) in [6, 6.07) is 6.79. The molecule has 0 spiro atoms. The number of nitrogens with one attached hydrogen (secondary N) is 2. The Morgan fingerprint density at radius 1 is 1.29 bits per heavy atom. The Kier molecular flexibility index (Phi) is 9.56. The number of aromatic nitrogens is 2. The van der Waals surface area contributed by atoms with Crippen molar-refractivity contribution in [1.82, 2.24) is 20.4 Å². The van der Waals surface area contributed by atoms with Gasteiger partial charge in [-0.05, 0) is 30.7 Å². The topological polar surface area (TPSA) is 63.5 Å². The molecular formula is C18H25F3IN5O. The van der Waals surface area contributed by atoms with Gasteiger partial charge < -0.3 is 15.4 Å². The molecule has 0 aliphatic heterocycles. The number of halogens is 4. The molecule has 10 heteroatoms. The Bertz CT molecular complexity index is 764. The molecule has 0 bridgehead atoms. The van der Waals surface area contributed by atoms with Crippen LogP contribution in [0.25, 0.3) is 0 Å². The minimum absolute atomic E-state index is 0. The summed E-state index contributed by atoms with van der Waals surface area (Å²) in [5.74, 6) is 0.763. The van der Waals surface area contributed by atoms with Crippen LogP contribution in [0.15, 0.2) is 41.5 Å². The third-order valence-corrected chi connectivity index (χ3v) is 4.00. The van der Waals surface area contributed by atoms with E-state index in [1.54, 1.807) is 17.9 Å². The van der Waals surface area contributed by atoms with Crippen molar-refractivity contribution < 1.29 is 17.9 Å². The summed E-state index contributed by atoms with van der Waals surface area (Å²) in [7, 11) is 3.50. The van der Waals surface area contributed by atoms with E-state index < -0.39 is 11.7 Å². The summed E-state index contributed by atoms with van der Waals surface area (Å²) in [6.45, 7) is 2.85. The highest BCUT2D eigenvalue weighted by Gasteiger charge is 2.30. The van der Waals surface area contributed by atoms with Crippen molar-refractivity contribution in [3.63, 3.8) is 0 Å². The zero-order valence-corrected chi connectivity index (χ0v) is 18.3. The second-order valence-electron chi connectivity index (χ2n) is 5.93. The number of nitrogens with zero attached hydrogens (tertiary/aromatic N) is 3. The molecule has 0 saturated heterocycles. The average molecular weight is 511 g/mol. The van der Waals surface area contributed by atoms with Gasteiger partial charge in [-0.15, -0.1) is 24.0 Å². The van der Waals surface area contributed by atoms with Gasteiger partial charge in [0.1, 0.15) is 11.9 Å². The molecule has 1 aromatic heterocycles. The summed E-state index contributed by atoms with van der Waals surface area (Å²) >= 11 is 0. The van der Waals surface area contributed by atoms with E-state index in [-0.39, 0.29) is 35.8 Å². The van der Waals surface area contributed by atoms with Crippen LogP contribution in [-0.4, -0.2) is 35.4 Å². The van der Waals surface area contributed by atoms with E-state index in [4.69, 9.17) is 4.74 Å². The standard InChI is InChI=1S/C18H24F3N5O.HI/c1-4-15(27-16-7-5-6-13(10-16)18(19,20)21)12-24-17(22-2)23-11-14-8-9-25-26(14)3;/h5-10,15H,4,11-12H2,1-3H3,(H2,22,23,24);1H. The molecule has 1 aromatic carbocycles. The van der Waals surface area contributed by atoms with Gasteiger partial charge in [0.2, 0.25) is 0 Å². The highest BCUT2D eigenvalue weighted by atomic mass is 127. The van der Waals surface area contributed by atoms with Gasteiger partial charge in [-0.3, -0.25) is 9.67 Å². The zero-order valence-electron chi connectivity index (χ0n) is 16.0. The lowest BCUT2D eigenvalue weighted by molar-refractivity contribution is -0.137. The van der Waals surface area contributed by atoms with Gasteiger partial charge in [-0.25, -0.2) is 0 Å². The van der Waals surface area contributed by atoms with E-state index in [9.17, 15) is 13.2 Å². The van der Waals surface area contributed by atoms with Gasteiger partial charge in [0.15, 0.2) is 5.96 Å². The Balaban J connectivity index is 0.00000392. The summed E-state index contributed by atoms with van der Waals surface area (Å²) in [5, 5.41) is 10.4. The van der Waals surface area contributed by atoms with Crippen molar-refractivity contribution in [3.8, 4) is 5.75 Å². The van der Waals surface area contributed by atoms with Crippen LogP contribution in [-0.2, 0) is 19.8 Å². The van der Waals surface area contributed by atoms with Crippen molar-refractivity contribution in [2.24, 2.45) is 12.0 Å². The first-order valence-corrected chi connectivity index (χ1v) is 8.58. The van der Waals surface area contributed by atoms with E-state index in [1.165, 1.54) is 12.1 Å². The molecule has 0 fully saturated rings. The van der Waals surface area contributed by atoms with Gasteiger partial charge in [-0.2, -0.15) is 18.3 Å². The van der Waals surface area contributed by atoms with Crippen molar-refractivity contribution in [1.29, 1.82) is 0 Å². The Hall–Kier alpha value is -1.98. The van der Waals surface area contributed by atoms with Crippen LogP contribution >= 0.6 is 24.0 Å². The third-order valence-electron chi connectivity index (χ3n) is 4.00. The van der Waals surface area contributed by atoms with Crippen molar-refractivity contribution in [3.05, 3.63) is 47.8 Å². The first-order chi connectivity index (χ1) is 12.8. The molecule has 28 heavy (non-hydrogen) atoms. The summed E-state index contributed by atoms with van der Waals surface area (Å²) in [5.41, 5.74) is 0.265. The monoisotopic (exact) mass is 511 g/mol. The van der Waals surface area contributed by atoms with Crippen LogP contribution in [0.1, 0.15) is 24.6 Å². The highest BCUT2D eigenvalue weighted by molar-refractivity contribution is 14.0. The molecule has 6 nitrogen and oxygen atoms in total. The molecule has 1 heterocycles. The smallest absolute Gasteiger partial charge is 0.416 e. The van der Waals surface area contributed by atoms with Crippen LogP contribution in [0.5, 0.6) is 5.75 Å². The van der Waals surface area contributed by atoms with E-state index in [1.807, 2.05) is 20.0 Å². The molecule has 2 aromatic rings. The number of ether oxygens (including phenoxy) is 1. The van der Waals surface area contributed by atoms with Gasteiger partial charge >= 0.3 is 6.18 Å². The number of hydrogen-bond acceptors (Lipinski definition) is 3. The van der Waals surface area contributed by atoms with Gasteiger partial charge in [0.05, 0.1) is 24.3 Å². The van der Waals surface area contributed by atoms with E-state index in [0.29, 0.717) is 25.5 Å². The van der Waals surface area contributed by atoms with Crippen molar-refractivity contribution in [2.75, 3.05) is 13.6 Å². The SMILES string of the molecule is CCC(CNC(=NC)NCc1ccnn1C)Oc1cccc(C(F)(F)F)c1.I. The Morgan fingerprint density at radius 3 is 2.61 bits per heavy atom. The van der Waals surface area contributed by atoms with Crippen molar-refractivity contribution >= 4 is 29.9 Å². The van der Waals surface area contributed by atoms with Gasteiger partial charge in [-0.1, -0.05) is 13.0 Å². The van der Waals surface area contributed by atoms with E-state index >= 15 is 0 Å². The van der Waals surface area contributed by atoms with Crippen LogP contribution in [0.4, 0.5) is 13.2 Å². The zero-order chi connectivity index (χ0) is 19.9. The molecule has 2 N–H and O–H groups in total. The molecule has 1 atom stereocenters. The normalized spacial score (nSPS) is 12.9. The Labute approximate surface area is 179 Å². The fourth-order valence-electron chi connectivity index (χ4n) is 2.39. The molecule has 0 saturated carbocycles. The molecule has 156 valence electrons. The molecular weight excluding hydrogens is 486 g/mol. The predicted octanol–water partition coefficient (Wildman–Crippen LogP) is 3.58. The van der Waals surface area contributed by atoms with Gasteiger partial charge in [0.25, 0.3) is 0 Å². The van der Waals surface area contributed by atoms with Gasteiger partial charge in [0, 0.05) is 20.3 Å². The number of benzene rings is 1. The first-order valence-electron chi connectivity index (χ1n) is 8.58. The second kappa shape index (κ2) is 11.1. The maximum absolute atomic E-state index is 12.8. The molecule has 2 rings (SSSR count). The molecule has 0 amide bonds. The highest BCUT2D eigenvalue weighted by Crippen LogP contribution is 2.31. The molecule has 1 unspecified atom stereocenters. The lowest BCUT2D eigenvalue weighted by Gasteiger charge is -2.20.